The molecule has 0 saturated carbocycles. The Morgan fingerprint density at radius 3 is 2.59 bits per heavy atom. The summed E-state index contributed by atoms with van der Waals surface area (Å²) in [6.07, 6.45) is 1.88. The lowest BCUT2D eigenvalue weighted by molar-refractivity contribution is 0.0600. The van der Waals surface area contributed by atoms with E-state index in [1.54, 1.807) is 19.2 Å². The third-order valence-electron chi connectivity index (χ3n) is 5.72. The molecule has 1 amide bonds. The molecule has 0 fully saturated rings. The van der Waals surface area contributed by atoms with Crippen molar-refractivity contribution in [3.8, 4) is 0 Å². The standard InChI is InChI=1S/C24H34N4O4/c1-17(2)9-13-28-21-10-12-27(15-18-5-7-19(8-6-18)24(30)32-4)16-20(21)22(26-28)23(29)25-11-14-31-3/h5-8,17H,9-16H2,1-4H3,(H,25,29). The van der Waals surface area contributed by atoms with Crippen LogP contribution in [0.5, 0.6) is 0 Å². The van der Waals surface area contributed by atoms with Gasteiger partial charge in [-0.1, -0.05) is 26.0 Å². The number of fused-ring (bicyclic) bond motifs is 1. The van der Waals surface area contributed by atoms with Crippen LogP contribution >= 0.6 is 0 Å². The van der Waals surface area contributed by atoms with Crippen LogP contribution in [-0.2, 0) is 35.5 Å². The molecule has 174 valence electrons. The average Bonchev–Trinajstić information content (AvgIpc) is 3.15. The molecule has 32 heavy (non-hydrogen) atoms. The average molecular weight is 443 g/mol. The molecule has 1 aliphatic heterocycles. The normalized spacial score (nSPS) is 13.8. The van der Waals surface area contributed by atoms with Crippen molar-refractivity contribution in [3.63, 3.8) is 0 Å². The van der Waals surface area contributed by atoms with Crippen molar-refractivity contribution in [1.29, 1.82) is 0 Å². The van der Waals surface area contributed by atoms with Crippen LogP contribution in [0.4, 0.5) is 0 Å². The van der Waals surface area contributed by atoms with Crippen LogP contribution in [-0.4, -0.2) is 60.5 Å². The highest BCUT2D eigenvalue weighted by molar-refractivity contribution is 5.94. The number of rotatable bonds is 10. The van der Waals surface area contributed by atoms with Crippen molar-refractivity contribution in [1.82, 2.24) is 20.0 Å². The van der Waals surface area contributed by atoms with Gasteiger partial charge in [0.25, 0.3) is 5.91 Å². The summed E-state index contributed by atoms with van der Waals surface area (Å²) in [6, 6.07) is 7.47. The summed E-state index contributed by atoms with van der Waals surface area (Å²) >= 11 is 0. The molecule has 1 aromatic heterocycles. The van der Waals surface area contributed by atoms with E-state index >= 15 is 0 Å². The Balaban J connectivity index is 1.76. The Kier molecular flexibility index (Phi) is 8.41. The topological polar surface area (TPSA) is 85.7 Å². The molecule has 1 aliphatic rings. The maximum Gasteiger partial charge on any atom is 0.337 e. The maximum absolute atomic E-state index is 12.8. The molecular formula is C24H34N4O4. The van der Waals surface area contributed by atoms with Gasteiger partial charge >= 0.3 is 5.97 Å². The van der Waals surface area contributed by atoms with Crippen LogP contribution in [0.15, 0.2) is 24.3 Å². The second-order valence-corrected chi connectivity index (χ2v) is 8.58. The number of amides is 1. The van der Waals surface area contributed by atoms with Gasteiger partial charge < -0.3 is 14.8 Å². The van der Waals surface area contributed by atoms with Crippen LogP contribution in [0.3, 0.4) is 0 Å². The fourth-order valence-corrected chi connectivity index (χ4v) is 3.90. The monoisotopic (exact) mass is 442 g/mol. The van der Waals surface area contributed by atoms with Gasteiger partial charge in [-0.15, -0.1) is 0 Å². The van der Waals surface area contributed by atoms with Gasteiger partial charge in [0.1, 0.15) is 0 Å². The number of ether oxygens (including phenoxy) is 2. The van der Waals surface area contributed by atoms with Gasteiger partial charge in [0.15, 0.2) is 5.69 Å². The second-order valence-electron chi connectivity index (χ2n) is 8.58. The summed E-state index contributed by atoms with van der Waals surface area (Å²) in [4.78, 5) is 26.8. The maximum atomic E-state index is 12.8. The Morgan fingerprint density at radius 2 is 1.94 bits per heavy atom. The first kappa shape index (κ1) is 23.9. The van der Waals surface area contributed by atoms with Gasteiger partial charge in [-0.05, 0) is 30.0 Å². The number of hydrogen-bond donors (Lipinski definition) is 1. The summed E-state index contributed by atoms with van der Waals surface area (Å²) in [5.41, 5.74) is 4.35. The first-order valence-electron chi connectivity index (χ1n) is 11.2. The van der Waals surface area contributed by atoms with Crippen LogP contribution in [0.25, 0.3) is 0 Å². The Morgan fingerprint density at radius 1 is 1.19 bits per heavy atom. The molecule has 0 unspecified atom stereocenters. The number of nitrogens with one attached hydrogen (secondary N) is 1. The minimum Gasteiger partial charge on any atom is -0.465 e. The molecule has 0 spiro atoms. The second kappa shape index (κ2) is 11.2. The van der Waals surface area contributed by atoms with Crippen LogP contribution in [0.1, 0.15) is 57.9 Å². The number of nitrogens with zero attached hydrogens (tertiary/aromatic N) is 3. The van der Waals surface area contributed by atoms with E-state index in [1.165, 1.54) is 12.8 Å². The van der Waals surface area contributed by atoms with E-state index in [9.17, 15) is 9.59 Å². The molecule has 0 aliphatic carbocycles. The molecule has 0 radical (unpaired) electrons. The fourth-order valence-electron chi connectivity index (χ4n) is 3.90. The van der Waals surface area contributed by atoms with Crippen molar-refractivity contribution in [2.45, 2.75) is 46.3 Å². The first-order chi connectivity index (χ1) is 15.4. The highest BCUT2D eigenvalue weighted by Crippen LogP contribution is 2.25. The summed E-state index contributed by atoms with van der Waals surface area (Å²) in [5.74, 6) is 0.0878. The van der Waals surface area contributed by atoms with Gasteiger partial charge in [-0.25, -0.2) is 4.79 Å². The van der Waals surface area contributed by atoms with E-state index < -0.39 is 0 Å². The van der Waals surface area contributed by atoms with Crippen LogP contribution in [0.2, 0.25) is 0 Å². The number of aryl methyl sites for hydroxylation is 1. The van der Waals surface area contributed by atoms with E-state index in [2.05, 4.69) is 24.1 Å². The Bertz CT molecular complexity index is 921. The quantitative estimate of drug-likeness (QED) is 0.450. The van der Waals surface area contributed by atoms with E-state index in [-0.39, 0.29) is 11.9 Å². The Hall–Kier alpha value is -2.71. The number of esters is 1. The molecule has 2 aromatic rings. The first-order valence-corrected chi connectivity index (χ1v) is 11.2. The number of carbonyl (C=O) groups is 2. The zero-order valence-corrected chi connectivity index (χ0v) is 19.5. The third kappa shape index (κ3) is 5.95. The number of benzene rings is 1. The number of methoxy groups -OCH3 is 2. The molecule has 0 bridgehead atoms. The highest BCUT2D eigenvalue weighted by Gasteiger charge is 2.28. The van der Waals surface area contributed by atoms with E-state index in [4.69, 9.17) is 14.6 Å². The van der Waals surface area contributed by atoms with Crippen molar-refractivity contribution >= 4 is 11.9 Å². The predicted molar refractivity (Wildman–Crippen MR) is 121 cm³/mol. The van der Waals surface area contributed by atoms with Crippen LogP contribution in [0, 0.1) is 5.92 Å². The lowest BCUT2D eigenvalue weighted by Gasteiger charge is -2.28. The minimum absolute atomic E-state index is 0.147. The number of aromatic nitrogens is 2. The molecule has 8 nitrogen and oxygen atoms in total. The van der Waals surface area contributed by atoms with Gasteiger partial charge in [0, 0.05) is 57.5 Å². The summed E-state index contributed by atoms with van der Waals surface area (Å²) in [6.45, 7) is 8.44. The Labute approximate surface area is 189 Å². The van der Waals surface area contributed by atoms with E-state index in [0.29, 0.717) is 36.9 Å². The van der Waals surface area contributed by atoms with Crippen molar-refractivity contribution in [3.05, 3.63) is 52.3 Å². The molecular weight excluding hydrogens is 408 g/mol. The molecule has 1 aromatic carbocycles. The zero-order chi connectivity index (χ0) is 23.1. The van der Waals surface area contributed by atoms with Gasteiger partial charge in [-0.2, -0.15) is 5.10 Å². The number of carbonyl (C=O) groups excluding carboxylic acids is 2. The smallest absolute Gasteiger partial charge is 0.337 e. The molecule has 2 heterocycles. The van der Waals surface area contributed by atoms with E-state index in [1.807, 2.05) is 16.8 Å². The SMILES string of the molecule is COCCNC(=O)c1nn(CCC(C)C)c2c1CN(Cc1ccc(C(=O)OC)cc1)CC2. The van der Waals surface area contributed by atoms with Crippen LogP contribution < -0.4 is 5.32 Å². The fraction of sp³-hybridized carbons (Fsp3) is 0.542. The largest absolute Gasteiger partial charge is 0.465 e. The van der Waals surface area contributed by atoms with Gasteiger partial charge in [-0.3, -0.25) is 14.4 Å². The molecule has 3 rings (SSSR count). The molecule has 8 heteroatoms. The lowest BCUT2D eigenvalue weighted by Crippen LogP contribution is -2.33. The number of hydrogen-bond acceptors (Lipinski definition) is 6. The van der Waals surface area contributed by atoms with Crippen molar-refractivity contribution in [2.75, 3.05) is 33.9 Å². The van der Waals surface area contributed by atoms with Crippen molar-refractivity contribution < 1.29 is 19.1 Å². The molecule has 0 saturated heterocycles. The molecule has 1 N–H and O–H groups in total. The third-order valence-corrected chi connectivity index (χ3v) is 5.72. The summed E-state index contributed by atoms with van der Waals surface area (Å²) < 4.78 is 11.8. The molecule has 0 atom stereocenters. The summed E-state index contributed by atoms with van der Waals surface area (Å²) in [5, 5.41) is 7.62. The van der Waals surface area contributed by atoms with E-state index in [0.717, 1.165) is 43.6 Å². The van der Waals surface area contributed by atoms with Gasteiger partial charge in [0.2, 0.25) is 0 Å². The lowest BCUT2D eigenvalue weighted by atomic mass is 10.0. The summed E-state index contributed by atoms with van der Waals surface area (Å²) in [7, 11) is 3.00. The predicted octanol–water partition coefficient (Wildman–Crippen LogP) is 2.65. The van der Waals surface area contributed by atoms with Crippen molar-refractivity contribution in [2.24, 2.45) is 5.92 Å². The zero-order valence-electron chi connectivity index (χ0n) is 19.5. The minimum atomic E-state index is -0.336. The van der Waals surface area contributed by atoms with Gasteiger partial charge in [0.05, 0.1) is 19.3 Å². The highest BCUT2D eigenvalue weighted by atomic mass is 16.5.